The predicted octanol–water partition coefficient (Wildman–Crippen LogP) is 4.04. The molecule has 0 radical (unpaired) electrons. The maximum atomic E-state index is 12.6. The molecule has 6 heteroatoms. The summed E-state index contributed by atoms with van der Waals surface area (Å²) in [5, 5.41) is 7.71. The summed E-state index contributed by atoms with van der Waals surface area (Å²) in [6.07, 6.45) is 1.87. The molecule has 0 saturated heterocycles. The van der Waals surface area contributed by atoms with E-state index in [4.69, 9.17) is 5.10 Å². The lowest BCUT2D eigenvalue weighted by Gasteiger charge is -2.11. The number of amides is 1. The third-order valence-corrected chi connectivity index (χ3v) is 4.87. The van der Waals surface area contributed by atoms with E-state index in [1.54, 1.807) is 23.0 Å². The number of para-hydroxylation sites is 1. The fourth-order valence-electron chi connectivity index (χ4n) is 3.28. The van der Waals surface area contributed by atoms with Crippen LogP contribution >= 0.6 is 0 Å². The van der Waals surface area contributed by atoms with Gasteiger partial charge >= 0.3 is 0 Å². The molecule has 0 fully saturated rings. The lowest BCUT2D eigenvalue weighted by Crippen LogP contribution is -2.22. The van der Waals surface area contributed by atoms with Crippen LogP contribution in [0.4, 0.5) is 5.82 Å². The fourth-order valence-corrected chi connectivity index (χ4v) is 3.28. The van der Waals surface area contributed by atoms with Crippen LogP contribution in [0.25, 0.3) is 16.9 Å². The van der Waals surface area contributed by atoms with E-state index < -0.39 is 0 Å². The zero-order valence-electron chi connectivity index (χ0n) is 16.7. The molecule has 2 heterocycles. The Labute approximate surface area is 174 Å². The fraction of sp³-hybridized carbons (Fsp3) is 0.125. The highest BCUT2D eigenvalue weighted by atomic mass is 16.2. The number of nitrogens with one attached hydrogen (secondary N) is 1. The van der Waals surface area contributed by atoms with Gasteiger partial charge in [0.25, 0.3) is 5.56 Å². The topological polar surface area (TPSA) is 68.9 Å². The van der Waals surface area contributed by atoms with E-state index in [2.05, 4.69) is 5.32 Å². The lowest BCUT2D eigenvalue weighted by molar-refractivity contribution is -0.116. The van der Waals surface area contributed by atoms with Gasteiger partial charge in [0.2, 0.25) is 5.91 Å². The van der Waals surface area contributed by atoms with Crippen molar-refractivity contribution in [2.45, 2.75) is 19.9 Å². The average Bonchev–Trinajstić information content (AvgIpc) is 3.17. The summed E-state index contributed by atoms with van der Waals surface area (Å²) in [7, 11) is 0. The molecule has 0 aliphatic rings. The molecule has 1 amide bonds. The summed E-state index contributed by atoms with van der Waals surface area (Å²) >= 11 is 0. The smallest absolute Gasteiger partial charge is 0.250 e. The largest absolute Gasteiger partial charge is 0.315 e. The molecule has 0 bridgehead atoms. The molecule has 6 nitrogen and oxygen atoms in total. The van der Waals surface area contributed by atoms with Gasteiger partial charge in [-0.1, -0.05) is 54.6 Å². The standard InChI is InChI=1S/C24H22N4O2/c1-18-9-5-6-12-21(18)28-22(17-20(26-28)19-10-3-2-4-11-19)25-23(29)14-16-27-15-8-7-13-24(27)30/h2-13,15,17H,14,16H2,1H3,(H,25,29). The van der Waals surface area contributed by atoms with Crippen LogP contribution in [0.1, 0.15) is 12.0 Å². The van der Waals surface area contributed by atoms with Crippen molar-refractivity contribution in [1.82, 2.24) is 14.3 Å². The van der Waals surface area contributed by atoms with Crippen molar-refractivity contribution in [2.24, 2.45) is 0 Å². The number of anilines is 1. The Balaban J connectivity index is 1.62. The first-order valence-electron chi connectivity index (χ1n) is 9.78. The summed E-state index contributed by atoms with van der Waals surface area (Å²) in [4.78, 5) is 24.5. The van der Waals surface area contributed by atoms with Gasteiger partial charge in [-0.25, -0.2) is 4.68 Å². The van der Waals surface area contributed by atoms with Crippen LogP contribution in [-0.4, -0.2) is 20.3 Å². The van der Waals surface area contributed by atoms with Crippen molar-refractivity contribution in [1.29, 1.82) is 0 Å². The zero-order valence-corrected chi connectivity index (χ0v) is 16.7. The van der Waals surface area contributed by atoms with E-state index in [1.807, 2.05) is 67.6 Å². The number of rotatable bonds is 6. The Bertz CT molecular complexity index is 1230. The van der Waals surface area contributed by atoms with Crippen molar-refractivity contribution in [3.8, 4) is 16.9 Å². The predicted molar refractivity (Wildman–Crippen MR) is 118 cm³/mol. The molecule has 2 aromatic heterocycles. The van der Waals surface area contributed by atoms with Crippen LogP contribution in [0.2, 0.25) is 0 Å². The molecule has 4 rings (SSSR count). The Morgan fingerprint density at radius 3 is 2.47 bits per heavy atom. The Kier molecular flexibility index (Phi) is 5.57. The molecular weight excluding hydrogens is 376 g/mol. The lowest BCUT2D eigenvalue weighted by atomic mass is 10.1. The van der Waals surface area contributed by atoms with Gasteiger partial charge < -0.3 is 9.88 Å². The number of pyridine rings is 1. The second-order valence-electron chi connectivity index (χ2n) is 7.01. The van der Waals surface area contributed by atoms with Crippen LogP contribution in [-0.2, 0) is 11.3 Å². The van der Waals surface area contributed by atoms with Gasteiger partial charge in [-0.15, -0.1) is 0 Å². The average molecular weight is 398 g/mol. The van der Waals surface area contributed by atoms with Crippen molar-refractivity contribution in [3.63, 3.8) is 0 Å². The Morgan fingerprint density at radius 1 is 0.967 bits per heavy atom. The zero-order chi connectivity index (χ0) is 20.9. The summed E-state index contributed by atoms with van der Waals surface area (Å²) in [5.41, 5.74) is 3.56. The number of nitrogens with zero attached hydrogens (tertiary/aromatic N) is 3. The molecule has 0 aliphatic carbocycles. The van der Waals surface area contributed by atoms with E-state index in [0.29, 0.717) is 12.4 Å². The van der Waals surface area contributed by atoms with Crippen molar-refractivity contribution >= 4 is 11.7 Å². The highest BCUT2D eigenvalue weighted by Gasteiger charge is 2.15. The molecule has 0 aliphatic heterocycles. The third kappa shape index (κ3) is 4.22. The van der Waals surface area contributed by atoms with Gasteiger partial charge in [0.1, 0.15) is 5.82 Å². The molecule has 2 aromatic carbocycles. The van der Waals surface area contributed by atoms with Crippen molar-refractivity contribution in [2.75, 3.05) is 5.32 Å². The summed E-state index contributed by atoms with van der Waals surface area (Å²) in [6, 6.07) is 24.5. The molecule has 0 atom stereocenters. The van der Waals surface area contributed by atoms with E-state index >= 15 is 0 Å². The molecular formula is C24H22N4O2. The minimum atomic E-state index is -0.180. The molecule has 30 heavy (non-hydrogen) atoms. The quantitative estimate of drug-likeness (QED) is 0.533. The highest BCUT2D eigenvalue weighted by molar-refractivity contribution is 5.90. The van der Waals surface area contributed by atoms with Crippen molar-refractivity contribution < 1.29 is 4.79 Å². The van der Waals surface area contributed by atoms with Crippen LogP contribution in [0.5, 0.6) is 0 Å². The van der Waals surface area contributed by atoms with E-state index in [1.165, 1.54) is 10.6 Å². The van der Waals surface area contributed by atoms with E-state index in [0.717, 1.165) is 22.5 Å². The first-order chi connectivity index (χ1) is 14.6. The maximum absolute atomic E-state index is 12.6. The van der Waals surface area contributed by atoms with Crippen LogP contribution in [0.15, 0.2) is 89.9 Å². The molecule has 1 N–H and O–H groups in total. The van der Waals surface area contributed by atoms with Crippen LogP contribution < -0.4 is 10.9 Å². The van der Waals surface area contributed by atoms with Gasteiger partial charge in [-0.05, 0) is 24.6 Å². The van der Waals surface area contributed by atoms with Gasteiger partial charge in [-0.3, -0.25) is 9.59 Å². The minimum Gasteiger partial charge on any atom is -0.315 e. The van der Waals surface area contributed by atoms with Gasteiger partial charge in [0.15, 0.2) is 0 Å². The first-order valence-corrected chi connectivity index (χ1v) is 9.78. The van der Waals surface area contributed by atoms with E-state index in [9.17, 15) is 9.59 Å². The molecule has 4 aromatic rings. The highest BCUT2D eigenvalue weighted by Crippen LogP contribution is 2.26. The number of hydrogen-bond donors (Lipinski definition) is 1. The number of carbonyl (C=O) groups is 1. The SMILES string of the molecule is Cc1ccccc1-n1nc(-c2ccccc2)cc1NC(=O)CCn1ccccc1=O. The van der Waals surface area contributed by atoms with Gasteiger partial charge in [0.05, 0.1) is 11.4 Å². The second kappa shape index (κ2) is 8.61. The van der Waals surface area contributed by atoms with E-state index in [-0.39, 0.29) is 17.9 Å². The van der Waals surface area contributed by atoms with Gasteiger partial charge in [0, 0.05) is 36.9 Å². The summed E-state index contributed by atoms with van der Waals surface area (Å²) in [5.74, 6) is 0.411. The van der Waals surface area contributed by atoms with Crippen molar-refractivity contribution in [3.05, 3.63) is 101 Å². The normalized spacial score (nSPS) is 10.7. The number of carbonyl (C=O) groups excluding carboxylic acids is 1. The molecule has 0 saturated carbocycles. The monoisotopic (exact) mass is 398 g/mol. The number of hydrogen-bond acceptors (Lipinski definition) is 3. The second-order valence-corrected chi connectivity index (χ2v) is 7.01. The number of benzene rings is 2. The Hall–Kier alpha value is -3.93. The molecule has 150 valence electrons. The van der Waals surface area contributed by atoms with Crippen LogP contribution in [0.3, 0.4) is 0 Å². The minimum absolute atomic E-state index is 0.124. The van der Waals surface area contributed by atoms with Crippen LogP contribution in [0, 0.1) is 6.92 Å². The molecule has 0 unspecified atom stereocenters. The first kappa shape index (κ1) is 19.4. The summed E-state index contributed by atoms with van der Waals surface area (Å²) < 4.78 is 3.28. The summed E-state index contributed by atoms with van der Waals surface area (Å²) in [6.45, 7) is 2.32. The van der Waals surface area contributed by atoms with Gasteiger partial charge in [-0.2, -0.15) is 5.10 Å². The Morgan fingerprint density at radius 2 is 1.70 bits per heavy atom. The number of aromatic nitrogens is 3. The maximum Gasteiger partial charge on any atom is 0.250 e. The third-order valence-electron chi connectivity index (χ3n) is 4.87. The molecule has 0 spiro atoms. The number of aryl methyl sites for hydroxylation is 2.